The van der Waals surface area contributed by atoms with Crippen molar-refractivity contribution in [3.8, 4) is 0 Å². The third-order valence-corrected chi connectivity index (χ3v) is 7.12. The smallest absolute Gasteiger partial charge is 0.410 e. The normalized spacial score (nSPS) is 20.8. The first kappa shape index (κ1) is 25.9. The maximum absolute atomic E-state index is 13.7. The average molecular weight is 539 g/mol. The van der Waals surface area contributed by atoms with Crippen molar-refractivity contribution in [2.75, 3.05) is 31.1 Å². The molecule has 2 atom stereocenters. The molecule has 2 fully saturated rings. The lowest BCUT2D eigenvalue weighted by atomic mass is 10.0. The lowest BCUT2D eigenvalue weighted by molar-refractivity contribution is -0.136. The summed E-state index contributed by atoms with van der Waals surface area (Å²) in [5.74, 6) is -0.0471. The van der Waals surface area contributed by atoms with Crippen molar-refractivity contribution in [2.45, 2.75) is 51.3 Å². The lowest BCUT2D eigenvalue weighted by Crippen LogP contribution is -2.55. The zero-order valence-corrected chi connectivity index (χ0v) is 22.4. The molecule has 0 aliphatic carbocycles. The van der Waals surface area contributed by atoms with E-state index in [1.165, 1.54) is 0 Å². The molecule has 188 valence electrons. The highest BCUT2D eigenvalue weighted by atomic mass is 35.5. The van der Waals surface area contributed by atoms with E-state index < -0.39 is 17.7 Å². The molecule has 0 N–H and O–H groups in total. The van der Waals surface area contributed by atoms with Crippen molar-refractivity contribution in [2.24, 2.45) is 0 Å². The first-order valence-corrected chi connectivity index (χ1v) is 12.9. The van der Waals surface area contributed by atoms with Crippen molar-refractivity contribution < 1.29 is 14.3 Å². The van der Waals surface area contributed by atoms with Gasteiger partial charge in [-0.2, -0.15) is 0 Å². The molecule has 0 aromatic heterocycles. The van der Waals surface area contributed by atoms with Gasteiger partial charge in [0, 0.05) is 36.2 Å². The summed E-state index contributed by atoms with van der Waals surface area (Å²) < 4.78 is 5.56. The fraction of sp³-hybridized carbons (Fsp3) is 0.462. The minimum absolute atomic E-state index is 0.0471. The molecule has 2 saturated heterocycles. The van der Waals surface area contributed by atoms with E-state index >= 15 is 0 Å². The van der Waals surface area contributed by atoms with Gasteiger partial charge < -0.3 is 14.5 Å². The number of hydrogen-bond acceptors (Lipinski definition) is 4. The molecule has 0 bridgehead atoms. The summed E-state index contributed by atoms with van der Waals surface area (Å²) >= 11 is 18.8. The van der Waals surface area contributed by atoms with Gasteiger partial charge in [0.15, 0.2) is 0 Å². The van der Waals surface area contributed by atoms with Gasteiger partial charge in [-0.1, -0.05) is 46.9 Å². The van der Waals surface area contributed by atoms with Gasteiger partial charge in [-0.05, 0) is 69.5 Å². The van der Waals surface area contributed by atoms with Crippen LogP contribution in [0.25, 0.3) is 0 Å². The van der Waals surface area contributed by atoms with Crippen molar-refractivity contribution in [3.63, 3.8) is 0 Å². The second-order valence-corrected chi connectivity index (χ2v) is 11.3. The van der Waals surface area contributed by atoms with Crippen molar-refractivity contribution in [1.29, 1.82) is 0 Å². The highest BCUT2D eigenvalue weighted by Crippen LogP contribution is 2.37. The zero-order chi connectivity index (χ0) is 25.3. The van der Waals surface area contributed by atoms with Crippen molar-refractivity contribution in [1.82, 2.24) is 9.80 Å². The summed E-state index contributed by atoms with van der Waals surface area (Å²) in [4.78, 5) is 32.1. The Bertz CT molecular complexity index is 1090. The Morgan fingerprint density at radius 1 is 0.943 bits per heavy atom. The highest BCUT2D eigenvalue weighted by Gasteiger charge is 2.41. The SMILES string of the molecule is CC(C)(C)OC(=O)N1CCC[C@@H]1C(=O)N1CCN(c2ccc(Cl)cc2Cl)[C@H](c2ccc(Cl)cc2)C1. The number of carbonyl (C=O) groups excluding carboxylic acids is 2. The van der Waals surface area contributed by atoms with E-state index in [0.29, 0.717) is 47.7 Å². The molecule has 9 heteroatoms. The van der Waals surface area contributed by atoms with E-state index in [9.17, 15) is 9.59 Å². The molecular weight excluding hydrogens is 509 g/mol. The topological polar surface area (TPSA) is 53.1 Å². The minimum atomic E-state index is -0.615. The summed E-state index contributed by atoms with van der Waals surface area (Å²) in [6, 6.07) is 12.4. The van der Waals surface area contributed by atoms with E-state index in [1.807, 2.05) is 62.1 Å². The third kappa shape index (κ3) is 5.99. The quantitative estimate of drug-likeness (QED) is 0.451. The second kappa shape index (κ2) is 10.5. The number of hydrogen-bond donors (Lipinski definition) is 0. The zero-order valence-electron chi connectivity index (χ0n) is 20.1. The maximum Gasteiger partial charge on any atom is 0.410 e. The molecule has 0 unspecified atom stereocenters. The van der Waals surface area contributed by atoms with Gasteiger partial charge >= 0.3 is 6.09 Å². The minimum Gasteiger partial charge on any atom is -0.444 e. The molecule has 35 heavy (non-hydrogen) atoms. The molecule has 2 aliphatic heterocycles. The fourth-order valence-corrected chi connectivity index (χ4v) is 5.37. The van der Waals surface area contributed by atoms with Crippen LogP contribution in [-0.2, 0) is 9.53 Å². The Kier molecular flexibility index (Phi) is 7.74. The van der Waals surface area contributed by atoms with E-state index in [1.54, 1.807) is 11.0 Å². The number of amides is 2. The van der Waals surface area contributed by atoms with Crippen LogP contribution in [0.2, 0.25) is 15.1 Å². The van der Waals surface area contributed by atoms with E-state index in [2.05, 4.69) is 4.90 Å². The number of rotatable bonds is 3. The summed E-state index contributed by atoms with van der Waals surface area (Å²) in [7, 11) is 0. The Balaban J connectivity index is 1.58. The van der Waals surface area contributed by atoms with Gasteiger partial charge in [-0.3, -0.25) is 9.69 Å². The third-order valence-electron chi connectivity index (χ3n) is 6.33. The van der Waals surface area contributed by atoms with Crippen LogP contribution in [0.5, 0.6) is 0 Å². The number of ether oxygens (including phenoxy) is 1. The Hall–Kier alpha value is -2.15. The van der Waals surface area contributed by atoms with Crippen molar-refractivity contribution in [3.05, 3.63) is 63.1 Å². The van der Waals surface area contributed by atoms with Gasteiger partial charge in [0.25, 0.3) is 0 Å². The van der Waals surface area contributed by atoms with E-state index in [0.717, 1.165) is 17.7 Å². The predicted molar refractivity (Wildman–Crippen MR) is 141 cm³/mol. The molecule has 0 spiro atoms. The Labute approximate surface area is 221 Å². The summed E-state index contributed by atoms with van der Waals surface area (Å²) in [5.41, 5.74) is 1.27. The number of piperazine rings is 1. The number of halogens is 3. The maximum atomic E-state index is 13.7. The number of benzene rings is 2. The van der Waals surface area contributed by atoms with Crippen molar-refractivity contribution >= 4 is 52.5 Å². The Morgan fingerprint density at radius 3 is 2.29 bits per heavy atom. The average Bonchev–Trinajstić information content (AvgIpc) is 3.28. The van der Waals surface area contributed by atoms with Crippen LogP contribution in [0.3, 0.4) is 0 Å². The molecule has 2 heterocycles. The molecular formula is C26H30Cl3N3O3. The monoisotopic (exact) mass is 537 g/mol. The number of carbonyl (C=O) groups is 2. The molecule has 0 radical (unpaired) electrons. The van der Waals surface area contributed by atoms with Crippen LogP contribution in [0.4, 0.5) is 10.5 Å². The predicted octanol–water partition coefficient (Wildman–Crippen LogP) is 6.44. The molecule has 6 nitrogen and oxygen atoms in total. The van der Waals surface area contributed by atoms with Crippen LogP contribution >= 0.6 is 34.8 Å². The summed E-state index contributed by atoms with van der Waals surface area (Å²) in [5, 5.41) is 1.77. The first-order chi connectivity index (χ1) is 16.5. The molecule has 0 saturated carbocycles. The van der Waals surface area contributed by atoms with Crippen LogP contribution in [0, 0.1) is 0 Å². The lowest BCUT2D eigenvalue weighted by Gasteiger charge is -2.44. The van der Waals surface area contributed by atoms with Crippen LogP contribution in [-0.4, -0.2) is 59.6 Å². The molecule has 2 aromatic rings. The van der Waals surface area contributed by atoms with Gasteiger partial charge in [-0.25, -0.2) is 4.79 Å². The molecule has 2 aliphatic rings. The van der Waals surface area contributed by atoms with E-state index in [4.69, 9.17) is 39.5 Å². The highest BCUT2D eigenvalue weighted by molar-refractivity contribution is 6.36. The number of likely N-dealkylation sites (tertiary alicyclic amines) is 1. The number of nitrogens with zero attached hydrogens (tertiary/aromatic N) is 3. The first-order valence-electron chi connectivity index (χ1n) is 11.8. The molecule has 4 rings (SSSR count). The Morgan fingerprint density at radius 2 is 1.63 bits per heavy atom. The van der Waals surface area contributed by atoms with Gasteiger partial charge in [0.2, 0.25) is 5.91 Å². The molecule has 2 amide bonds. The van der Waals surface area contributed by atoms with Gasteiger partial charge in [0.1, 0.15) is 11.6 Å². The second-order valence-electron chi connectivity index (χ2n) is 9.97. The standard InChI is InChI=1S/C26H30Cl3N3O3/c1-26(2,3)35-25(34)32-12-4-5-22(32)24(33)30-13-14-31(21-11-10-19(28)15-20(21)29)23(16-30)17-6-8-18(27)9-7-17/h6-11,15,22-23H,4-5,12-14,16H2,1-3H3/t22-,23+/m1/s1. The van der Waals surface area contributed by atoms with E-state index in [-0.39, 0.29) is 11.9 Å². The van der Waals surface area contributed by atoms with Gasteiger partial charge in [-0.15, -0.1) is 0 Å². The van der Waals surface area contributed by atoms with Crippen LogP contribution < -0.4 is 4.90 Å². The summed E-state index contributed by atoms with van der Waals surface area (Å²) in [6.07, 6.45) is 0.970. The largest absolute Gasteiger partial charge is 0.444 e. The molecule has 2 aromatic carbocycles. The van der Waals surface area contributed by atoms with Crippen LogP contribution in [0.15, 0.2) is 42.5 Å². The summed E-state index contributed by atoms with van der Waals surface area (Å²) in [6.45, 7) is 7.56. The number of anilines is 1. The fourth-order valence-electron chi connectivity index (χ4n) is 4.73. The van der Waals surface area contributed by atoms with Gasteiger partial charge in [0.05, 0.1) is 16.8 Å². The van der Waals surface area contributed by atoms with Crippen LogP contribution in [0.1, 0.15) is 45.2 Å².